The van der Waals surface area contributed by atoms with Crippen molar-refractivity contribution >= 4 is 5.97 Å². The predicted molar refractivity (Wildman–Crippen MR) is 72.8 cm³/mol. The molecule has 1 rings (SSSR count). The molecule has 2 unspecified atom stereocenters. The van der Waals surface area contributed by atoms with Gasteiger partial charge in [-0.3, -0.25) is 10.1 Å². The van der Waals surface area contributed by atoms with Gasteiger partial charge in [-0.05, 0) is 31.0 Å². The third-order valence-electron chi connectivity index (χ3n) is 3.02. The molecule has 0 radical (unpaired) electrons. The van der Waals surface area contributed by atoms with Crippen LogP contribution in [0, 0.1) is 0 Å². The number of hydrogen-bond acceptors (Lipinski definition) is 4. The van der Waals surface area contributed by atoms with Crippen molar-refractivity contribution in [2.75, 3.05) is 14.2 Å². The zero-order valence-electron chi connectivity index (χ0n) is 11.8. The second-order valence-corrected chi connectivity index (χ2v) is 4.39. The highest BCUT2D eigenvalue weighted by Gasteiger charge is 2.22. The smallest absolute Gasteiger partial charge is 0.325 e. The summed E-state index contributed by atoms with van der Waals surface area (Å²) in [4.78, 5) is 11.4. The Morgan fingerprint density at radius 2 is 1.79 bits per heavy atom. The van der Waals surface area contributed by atoms with Gasteiger partial charge >= 0.3 is 5.97 Å². The third-order valence-corrected chi connectivity index (χ3v) is 3.02. The number of aliphatic carboxylic acids is 1. The first kappa shape index (κ1) is 15.3. The maximum absolute atomic E-state index is 11.4. The quantitative estimate of drug-likeness (QED) is 0.793. The minimum Gasteiger partial charge on any atom is -0.497 e. The molecular weight excluding hydrogens is 246 g/mol. The Bertz CT molecular complexity index is 411. The Hall–Kier alpha value is -1.75. The molecule has 0 bridgehead atoms. The van der Waals surface area contributed by atoms with Crippen molar-refractivity contribution in [1.82, 2.24) is 5.32 Å². The fourth-order valence-electron chi connectivity index (χ4n) is 1.71. The molecule has 0 fully saturated rings. The van der Waals surface area contributed by atoms with Crippen LogP contribution in [0.1, 0.15) is 31.9 Å². The molecule has 19 heavy (non-hydrogen) atoms. The second-order valence-electron chi connectivity index (χ2n) is 4.39. The summed E-state index contributed by atoms with van der Waals surface area (Å²) < 4.78 is 10.3. The van der Waals surface area contributed by atoms with Gasteiger partial charge < -0.3 is 14.6 Å². The van der Waals surface area contributed by atoms with Gasteiger partial charge in [-0.1, -0.05) is 6.92 Å². The van der Waals surface area contributed by atoms with Crippen LogP contribution in [0.5, 0.6) is 11.5 Å². The lowest BCUT2D eigenvalue weighted by molar-refractivity contribution is -0.139. The average Bonchev–Trinajstić information content (AvgIpc) is 2.43. The molecule has 2 N–H and O–H groups in total. The molecule has 0 aromatic heterocycles. The summed E-state index contributed by atoms with van der Waals surface area (Å²) in [5.74, 6) is 0.230. The molecule has 106 valence electrons. The van der Waals surface area contributed by atoms with Crippen molar-refractivity contribution < 1.29 is 19.4 Å². The monoisotopic (exact) mass is 267 g/mol. The number of benzene rings is 1. The van der Waals surface area contributed by atoms with Crippen molar-refractivity contribution in [3.05, 3.63) is 23.8 Å². The number of carboxylic acids is 1. The molecule has 2 atom stereocenters. The number of rotatable bonds is 7. The summed E-state index contributed by atoms with van der Waals surface area (Å²) in [6.07, 6.45) is 0.852. The van der Waals surface area contributed by atoms with Crippen LogP contribution >= 0.6 is 0 Å². The topological polar surface area (TPSA) is 67.8 Å². The van der Waals surface area contributed by atoms with Crippen LogP contribution in [0.15, 0.2) is 18.2 Å². The van der Waals surface area contributed by atoms with Crippen molar-refractivity contribution in [2.24, 2.45) is 0 Å². The number of ether oxygens (including phenoxy) is 2. The van der Waals surface area contributed by atoms with E-state index in [0.29, 0.717) is 17.1 Å². The normalized spacial score (nSPS) is 13.7. The lowest BCUT2D eigenvalue weighted by Crippen LogP contribution is -2.34. The van der Waals surface area contributed by atoms with E-state index in [1.165, 1.54) is 14.2 Å². The fraction of sp³-hybridized carbons (Fsp3) is 0.500. The fourth-order valence-corrected chi connectivity index (χ4v) is 1.71. The molecule has 0 amide bonds. The highest BCUT2D eigenvalue weighted by molar-refractivity contribution is 5.76. The van der Waals surface area contributed by atoms with Crippen LogP contribution in [0.3, 0.4) is 0 Å². The van der Waals surface area contributed by atoms with E-state index in [2.05, 4.69) is 5.32 Å². The molecule has 0 heterocycles. The van der Waals surface area contributed by atoms with E-state index in [1.54, 1.807) is 18.2 Å². The summed E-state index contributed by atoms with van der Waals surface area (Å²) >= 11 is 0. The average molecular weight is 267 g/mol. The molecule has 1 aromatic rings. The number of hydrogen-bond donors (Lipinski definition) is 2. The molecule has 0 aliphatic heterocycles. The lowest BCUT2D eigenvalue weighted by atomic mass is 10.0. The van der Waals surface area contributed by atoms with Crippen LogP contribution in [0.25, 0.3) is 0 Å². The van der Waals surface area contributed by atoms with Gasteiger partial charge in [0.2, 0.25) is 0 Å². The van der Waals surface area contributed by atoms with E-state index in [0.717, 1.165) is 6.42 Å². The summed E-state index contributed by atoms with van der Waals surface area (Å²) in [6.45, 7) is 3.95. The standard InChI is InChI=1S/C14H21NO4/c1-5-9(2)15-13(14(16)17)10-6-11(18-3)8-12(7-10)19-4/h6-9,13,15H,5H2,1-4H3,(H,16,17). The summed E-state index contributed by atoms with van der Waals surface area (Å²) in [5.41, 5.74) is 0.615. The van der Waals surface area contributed by atoms with E-state index in [9.17, 15) is 9.90 Å². The summed E-state index contributed by atoms with van der Waals surface area (Å²) in [5, 5.41) is 12.4. The summed E-state index contributed by atoms with van der Waals surface area (Å²) in [7, 11) is 3.08. The highest BCUT2D eigenvalue weighted by atomic mass is 16.5. The highest BCUT2D eigenvalue weighted by Crippen LogP contribution is 2.27. The van der Waals surface area contributed by atoms with Gasteiger partial charge in [0.15, 0.2) is 0 Å². The number of nitrogens with one attached hydrogen (secondary N) is 1. The van der Waals surface area contributed by atoms with Crippen molar-refractivity contribution in [1.29, 1.82) is 0 Å². The minimum absolute atomic E-state index is 0.110. The lowest BCUT2D eigenvalue weighted by Gasteiger charge is -2.20. The molecule has 1 aromatic carbocycles. The van der Waals surface area contributed by atoms with Crippen LogP contribution in [0.4, 0.5) is 0 Å². The molecule has 0 spiro atoms. The van der Waals surface area contributed by atoms with Gasteiger partial charge in [0.05, 0.1) is 14.2 Å². The van der Waals surface area contributed by atoms with Crippen LogP contribution < -0.4 is 14.8 Å². The van der Waals surface area contributed by atoms with Gasteiger partial charge in [0, 0.05) is 12.1 Å². The Labute approximate surface area is 113 Å². The van der Waals surface area contributed by atoms with Crippen molar-refractivity contribution in [3.63, 3.8) is 0 Å². The molecule has 0 aliphatic carbocycles. The van der Waals surface area contributed by atoms with Crippen LogP contribution in [0.2, 0.25) is 0 Å². The first-order chi connectivity index (χ1) is 9.01. The van der Waals surface area contributed by atoms with Crippen molar-refractivity contribution in [3.8, 4) is 11.5 Å². The molecule has 0 saturated heterocycles. The summed E-state index contributed by atoms with van der Waals surface area (Å²) in [6, 6.07) is 4.45. The van der Waals surface area contributed by atoms with E-state index in [-0.39, 0.29) is 6.04 Å². The number of methoxy groups -OCH3 is 2. The maximum atomic E-state index is 11.4. The van der Waals surface area contributed by atoms with Gasteiger partial charge in [-0.25, -0.2) is 0 Å². The van der Waals surface area contributed by atoms with E-state index < -0.39 is 12.0 Å². The predicted octanol–water partition coefficient (Wildman–Crippen LogP) is 2.22. The SMILES string of the molecule is CCC(C)NC(C(=O)O)c1cc(OC)cc(OC)c1. The van der Waals surface area contributed by atoms with E-state index in [4.69, 9.17) is 9.47 Å². The van der Waals surface area contributed by atoms with E-state index in [1.807, 2.05) is 13.8 Å². The van der Waals surface area contributed by atoms with Gasteiger partial charge in [0.25, 0.3) is 0 Å². The van der Waals surface area contributed by atoms with Gasteiger partial charge in [0.1, 0.15) is 17.5 Å². The third kappa shape index (κ3) is 4.13. The first-order valence-corrected chi connectivity index (χ1v) is 6.23. The first-order valence-electron chi connectivity index (χ1n) is 6.23. The Kier molecular flexibility index (Phi) is 5.63. The molecule has 0 saturated carbocycles. The molecule has 5 heteroatoms. The maximum Gasteiger partial charge on any atom is 0.325 e. The van der Waals surface area contributed by atoms with Crippen LogP contribution in [-0.2, 0) is 4.79 Å². The van der Waals surface area contributed by atoms with Crippen molar-refractivity contribution in [2.45, 2.75) is 32.4 Å². The molecule has 5 nitrogen and oxygen atoms in total. The molecular formula is C14H21NO4. The number of carbonyl (C=O) groups is 1. The van der Waals surface area contributed by atoms with Gasteiger partial charge in [-0.2, -0.15) is 0 Å². The van der Waals surface area contributed by atoms with Gasteiger partial charge in [-0.15, -0.1) is 0 Å². The zero-order chi connectivity index (χ0) is 14.4. The minimum atomic E-state index is -0.921. The van der Waals surface area contributed by atoms with E-state index >= 15 is 0 Å². The Morgan fingerprint density at radius 1 is 1.26 bits per heavy atom. The van der Waals surface area contributed by atoms with Crippen LogP contribution in [-0.4, -0.2) is 31.3 Å². The Balaban J connectivity index is 3.10. The Morgan fingerprint density at radius 3 is 2.16 bits per heavy atom. The second kappa shape index (κ2) is 6.99. The number of carboxylic acid groups (broad SMARTS) is 1. The molecule has 0 aliphatic rings. The zero-order valence-corrected chi connectivity index (χ0v) is 11.8. The largest absolute Gasteiger partial charge is 0.497 e.